The molecule has 0 aliphatic heterocycles. The van der Waals surface area contributed by atoms with Crippen LogP contribution < -0.4 is 0 Å². The maximum atomic E-state index is 12.8. The average Bonchev–Trinajstić information content (AvgIpc) is 3.22. The Balaban J connectivity index is 2.03. The first-order valence-electron chi connectivity index (χ1n) is 12.1. The number of aryl methyl sites for hydroxylation is 1. The Labute approximate surface area is 203 Å². The Morgan fingerprint density at radius 2 is 1.85 bits per heavy atom. The first kappa shape index (κ1) is 27.2. The molecule has 0 N–H and O–H groups in total. The summed E-state index contributed by atoms with van der Waals surface area (Å²) in [4.78, 5) is 31.4. The number of carbonyl (C=O) groups excluding carboxylic acids is 2. The lowest BCUT2D eigenvalue weighted by Gasteiger charge is -2.27. The van der Waals surface area contributed by atoms with Crippen LogP contribution in [0.3, 0.4) is 0 Å². The van der Waals surface area contributed by atoms with Gasteiger partial charge >= 0.3 is 12.1 Å². The third kappa shape index (κ3) is 9.81. The molecule has 0 atom stereocenters. The van der Waals surface area contributed by atoms with Crippen LogP contribution in [0.25, 0.3) is 6.08 Å². The highest BCUT2D eigenvalue weighted by molar-refractivity contribution is 5.93. The van der Waals surface area contributed by atoms with Crippen LogP contribution >= 0.6 is 0 Å². The van der Waals surface area contributed by atoms with Crippen molar-refractivity contribution in [1.29, 1.82) is 0 Å². The van der Waals surface area contributed by atoms with E-state index in [-0.39, 0.29) is 12.1 Å². The SMILES string of the molecule is CCCn1cnc(/C=C(\CCCCN(Cc2ccccc2)C(=O)OC(C)(C)C)C(=O)OCC)c1. The van der Waals surface area contributed by atoms with E-state index in [1.54, 1.807) is 24.2 Å². The van der Waals surface area contributed by atoms with Gasteiger partial charge in [-0.3, -0.25) is 0 Å². The Hall–Kier alpha value is -3.09. The average molecular weight is 470 g/mol. The number of nitrogens with zero attached hydrogens (tertiary/aromatic N) is 3. The Bertz CT molecular complexity index is 929. The van der Waals surface area contributed by atoms with E-state index in [0.717, 1.165) is 37.1 Å². The van der Waals surface area contributed by atoms with Gasteiger partial charge in [0.05, 0.1) is 18.6 Å². The maximum absolute atomic E-state index is 12.8. The van der Waals surface area contributed by atoms with Crippen LogP contribution in [0.1, 0.15) is 71.6 Å². The number of carbonyl (C=O) groups is 2. The number of imidazole rings is 1. The van der Waals surface area contributed by atoms with Crippen molar-refractivity contribution in [2.75, 3.05) is 13.2 Å². The van der Waals surface area contributed by atoms with Crippen LogP contribution in [0.4, 0.5) is 4.79 Å². The molecule has 34 heavy (non-hydrogen) atoms. The quantitative estimate of drug-likeness (QED) is 0.222. The number of amides is 1. The minimum absolute atomic E-state index is 0.319. The molecule has 2 rings (SSSR count). The highest BCUT2D eigenvalue weighted by atomic mass is 16.6. The van der Waals surface area contributed by atoms with Crippen LogP contribution in [-0.2, 0) is 27.4 Å². The van der Waals surface area contributed by atoms with Crippen molar-refractivity contribution in [1.82, 2.24) is 14.5 Å². The number of aromatic nitrogens is 2. The third-order valence-electron chi connectivity index (χ3n) is 4.99. The van der Waals surface area contributed by atoms with Crippen molar-refractivity contribution in [3.05, 3.63) is 59.7 Å². The molecule has 1 aromatic carbocycles. The maximum Gasteiger partial charge on any atom is 0.410 e. The summed E-state index contributed by atoms with van der Waals surface area (Å²) >= 11 is 0. The van der Waals surface area contributed by atoms with Gasteiger partial charge < -0.3 is 18.9 Å². The fourth-order valence-electron chi connectivity index (χ4n) is 3.45. The van der Waals surface area contributed by atoms with E-state index in [0.29, 0.717) is 31.7 Å². The normalized spacial score (nSPS) is 11.9. The van der Waals surface area contributed by atoms with Crippen molar-refractivity contribution < 1.29 is 19.1 Å². The van der Waals surface area contributed by atoms with Crippen LogP contribution in [0.2, 0.25) is 0 Å². The lowest BCUT2D eigenvalue weighted by molar-refractivity contribution is -0.138. The molecular formula is C27H39N3O4. The predicted octanol–water partition coefficient (Wildman–Crippen LogP) is 5.85. The molecule has 1 amide bonds. The molecule has 7 heteroatoms. The summed E-state index contributed by atoms with van der Waals surface area (Å²) in [5, 5.41) is 0. The summed E-state index contributed by atoms with van der Waals surface area (Å²) in [7, 11) is 0. The van der Waals surface area contributed by atoms with E-state index >= 15 is 0 Å². The lowest BCUT2D eigenvalue weighted by Crippen LogP contribution is -2.37. The Kier molecular flexibility index (Phi) is 10.8. The van der Waals surface area contributed by atoms with Gasteiger partial charge in [0.15, 0.2) is 0 Å². The van der Waals surface area contributed by atoms with Crippen LogP contribution in [0.5, 0.6) is 0 Å². The number of benzene rings is 1. The Morgan fingerprint density at radius 3 is 2.50 bits per heavy atom. The first-order chi connectivity index (χ1) is 16.2. The molecule has 0 radical (unpaired) electrons. The van der Waals surface area contributed by atoms with Crippen molar-refractivity contribution in [2.24, 2.45) is 0 Å². The number of hydrogen-bond acceptors (Lipinski definition) is 5. The minimum Gasteiger partial charge on any atom is -0.463 e. The fraction of sp³-hybridized carbons (Fsp3) is 0.519. The summed E-state index contributed by atoms with van der Waals surface area (Å²) in [5.41, 5.74) is 1.82. The molecule has 2 aromatic rings. The smallest absolute Gasteiger partial charge is 0.410 e. The molecule has 0 saturated carbocycles. The van der Waals surface area contributed by atoms with Crippen LogP contribution in [0, 0.1) is 0 Å². The van der Waals surface area contributed by atoms with E-state index in [1.165, 1.54) is 0 Å². The molecule has 1 heterocycles. The summed E-state index contributed by atoms with van der Waals surface area (Å²) in [6, 6.07) is 9.87. The number of rotatable bonds is 12. The second-order valence-corrected chi connectivity index (χ2v) is 9.27. The number of unbranched alkanes of at least 4 members (excludes halogenated alkanes) is 1. The molecule has 7 nitrogen and oxygen atoms in total. The molecule has 0 saturated heterocycles. The fourth-order valence-corrected chi connectivity index (χ4v) is 3.45. The highest BCUT2D eigenvalue weighted by Gasteiger charge is 2.22. The number of hydrogen-bond donors (Lipinski definition) is 0. The molecule has 0 aliphatic carbocycles. The van der Waals surface area contributed by atoms with E-state index in [2.05, 4.69) is 11.9 Å². The monoisotopic (exact) mass is 469 g/mol. The van der Waals surface area contributed by atoms with Crippen molar-refractivity contribution in [3.63, 3.8) is 0 Å². The van der Waals surface area contributed by atoms with E-state index in [1.807, 2.05) is 61.9 Å². The summed E-state index contributed by atoms with van der Waals surface area (Å²) < 4.78 is 12.9. The lowest BCUT2D eigenvalue weighted by atomic mass is 10.1. The van der Waals surface area contributed by atoms with Gasteiger partial charge in [0.2, 0.25) is 0 Å². The topological polar surface area (TPSA) is 73.7 Å². The summed E-state index contributed by atoms with van der Waals surface area (Å²) in [6.07, 6.45) is 8.21. The molecule has 0 bridgehead atoms. The van der Waals surface area contributed by atoms with Gasteiger partial charge in [0.25, 0.3) is 0 Å². The van der Waals surface area contributed by atoms with Gasteiger partial charge in [-0.2, -0.15) is 0 Å². The Morgan fingerprint density at radius 1 is 1.12 bits per heavy atom. The molecule has 0 aliphatic rings. The zero-order valence-electron chi connectivity index (χ0n) is 21.3. The van der Waals surface area contributed by atoms with Crippen LogP contribution in [0.15, 0.2) is 48.4 Å². The summed E-state index contributed by atoms with van der Waals surface area (Å²) in [6.45, 7) is 11.7. The van der Waals surface area contributed by atoms with E-state index in [4.69, 9.17) is 9.47 Å². The standard InChI is InChI=1S/C27H39N3O4/c1-6-16-29-20-24(28-21-29)18-23(25(31)33-7-2)15-11-12-17-30(26(32)34-27(3,4)5)19-22-13-9-8-10-14-22/h8-10,13-14,18,20-21H,6-7,11-12,15-17,19H2,1-5H3/b23-18+. The molecule has 0 unspecified atom stereocenters. The first-order valence-corrected chi connectivity index (χ1v) is 12.1. The predicted molar refractivity (Wildman–Crippen MR) is 134 cm³/mol. The second-order valence-electron chi connectivity index (χ2n) is 9.27. The zero-order chi connectivity index (χ0) is 25.0. The number of esters is 1. The van der Waals surface area contributed by atoms with Gasteiger partial charge in [-0.15, -0.1) is 0 Å². The second kappa shape index (κ2) is 13.6. The number of ether oxygens (including phenoxy) is 2. The van der Waals surface area contributed by atoms with E-state index in [9.17, 15) is 9.59 Å². The van der Waals surface area contributed by atoms with Crippen LogP contribution in [-0.4, -0.2) is 45.3 Å². The largest absolute Gasteiger partial charge is 0.463 e. The van der Waals surface area contributed by atoms with Gasteiger partial charge in [0.1, 0.15) is 5.60 Å². The third-order valence-corrected chi connectivity index (χ3v) is 4.99. The van der Waals surface area contributed by atoms with Gasteiger partial charge in [-0.1, -0.05) is 37.3 Å². The van der Waals surface area contributed by atoms with Crippen molar-refractivity contribution >= 4 is 18.1 Å². The molecular weight excluding hydrogens is 430 g/mol. The minimum atomic E-state index is -0.562. The van der Waals surface area contributed by atoms with Gasteiger partial charge in [-0.05, 0) is 65.0 Å². The van der Waals surface area contributed by atoms with Crippen molar-refractivity contribution in [2.45, 2.75) is 79.0 Å². The van der Waals surface area contributed by atoms with Gasteiger partial charge in [0, 0.05) is 31.4 Å². The summed E-state index contributed by atoms with van der Waals surface area (Å²) in [5.74, 6) is -0.319. The highest BCUT2D eigenvalue weighted by Crippen LogP contribution is 2.17. The molecule has 0 fully saturated rings. The molecule has 0 spiro atoms. The molecule has 1 aromatic heterocycles. The van der Waals surface area contributed by atoms with Gasteiger partial charge in [-0.25, -0.2) is 14.6 Å². The molecule has 186 valence electrons. The zero-order valence-corrected chi connectivity index (χ0v) is 21.3. The van der Waals surface area contributed by atoms with E-state index < -0.39 is 5.60 Å². The van der Waals surface area contributed by atoms with Crippen molar-refractivity contribution in [3.8, 4) is 0 Å².